The summed E-state index contributed by atoms with van der Waals surface area (Å²) in [6.45, 7) is 16.2. The van der Waals surface area contributed by atoms with Crippen LogP contribution >= 0.6 is 0 Å². The van der Waals surface area contributed by atoms with Crippen molar-refractivity contribution in [3.05, 3.63) is 35.9 Å². The Balaban J connectivity index is 2.99. The van der Waals surface area contributed by atoms with Crippen LogP contribution in [0.2, 0.25) is 0 Å². The van der Waals surface area contributed by atoms with Crippen molar-refractivity contribution in [2.45, 2.75) is 137 Å². The molecule has 0 radical (unpaired) electrons. The molecule has 0 aliphatic rings. The first kappa shape index (κ1) is 46.0. The first-order valence-electron chi connectivity index (χ1n) is 18.2. The minimum Gasteiger partial charge on any atom is -0.469 e. The molecule has 0 fully saturated rings. The van der Waals surface area contributed by atoms with Crippen LogP contribution in [0.4, 0.5) is 0 Å². The van der Waals surface area contributed by atoms with Crippen molar-refractivity contribution in [1.29, 1.82) is 0 Å². The Hall–Kier alpha value is -4.04. The molecule has 1 rings (SSSR count). The van der Waals surface area contributed by atoms with Gasteiger partial charge in [-0.3, -0.25) is 28.8 Å². The summed E-state index contributed by atoms with van der Waals surface area (Å²) in [5, 5.41) is 35.5. The number of carbonyl (C=O) groups is 6. The molecule has 14 heteroatoms. The van der Waals surface area contributed by atoms with E-state index < -0.39 is 78.4 Å². The molecule has 7 atom stereocenters. The van der Waals surface area contributed by atoms with Crippen molar-refractivity contribution >= 4 is 35.5 Å². The molecule has 1 aromatic carbocycles. The number of hydrogen-bond donors (Lipinski definition) is 7. The summed E-state index contributed by atoms with van der Waals surface area (Å²) < 4.78 is 4.66. The third kappa shape index (κ3) is 17.0. The molecular weight excluding hydrogens is 670 g/mol. The van der Waals surface area contributed by atoms with E-state index in [1.54, 1.807) is 27.7 Å². The van der Waals surface area contributed by atoms with E-state index in [-0.39, 0.29) is 48.8 Å². The second-order valence-electron chi connectivity index (χ2n) is 15.1. The van der Waals surface area contributed by atoms with Crippen molar-refractivity contribution < 1.29 is 43.7 Å². The van der Waals surface area contributed by atoms with Gasteiger partial charge in [0.1, 0.15) is 18.1 Å². The lowest BCUT2D eigenvalue weighted by atomic mass is 9.95. The summed E-state index contributed by atoms with van der Waals surface area (Å²) in [7, 11) is 1.20. The Morgan fingerprint density at radius 3 is 1.62 bits per heavy atom. The smallest absolute Gasteiger partial charge is 0.308 e. The van der Waals surface area contributed by atoms with Gasteiger partial charge in [0, 0.05) is 6.42 Å². The normalized spacial score (nSPS) is 15.5. The summed E-state index contributed by atoms with van der Waals surface area (Å²) in [5.41, 5.74) is 0.808. The molecule has 7 N–H and O–H groups in total. The minimum atomic E-state index is -1.34. The summed E-state index contributed by atoms with van der Waals surface area (Å²) in [6, 6.07) is 4.42. The van der Waals surface area contributed by atoms with Crippen LogP contribution in [0.25, 0.3) is 0 Å². The molecule has 0 spiro atoms. The highest BCUT2D eigenvalue weighted by Gasteiger charge is 2.34. The third-order valence-electron chi connectivity index (χ3n) is 8.48. The van der Waals surface area contributed by atoms with E-state index in [1.807, 2.05) is 58.0 Å². The molecular formula is C38H63N5O9. The highest BCUT2D eigenvalue weighted by molar-refractivity contribution is 5.92. The van der Waals surface area contributed by atoms with Crippen LogP contribution in [0.15, 0.2) is 30.3 Å². The van der Waals surface area contributed by atoms with E-state index in [2.05, 4.69) is 31.3 Å². The zero-order chi connectivity index (χ0) is 39.7. The second-order valence-corrected chi connectivity index (χ2v) is 15.1. The summed E-state index contributed by atoms with van der Waals surface area (Å²) in [4.78, 5) is 77.4. The van der Waals surface area contributed by atoms with Gasteiger partial charge in [-0.2, -0.15) is 0 Å². The van der Waals surface area contributed by atoms with Gasteiger partial charge in [0.05, 0.1) is 44.2 Å². The number of amides is 5. The molecule has 1 aromatic rings. The van der Waals surface area contributed by atoms with E-state index in [9.17, 15) is 39.0 Å². The number of ether oxygens (including phenoxy) is 1. The Morgan fingerprint density at radius 2 is 1.10 bits per heavy atom. The molecule has 294 valence electrons. The number of carbonyl (C=O) groups excluding carboxylic acids is 6. The van der Waals surface area contributed by atoms with Gasteiger partial charge in [0.25, 0.3) is 0 Å². The van der Waals surface area contributed by atoms with Crippen LogP contribution in [0.5, 0.6) is 0 Å². The zero-order valence-corrected chi connectivity index (χ0v) is 32.5. The molecule has 0 heterocycles. The molecule has 0 bridgehead atoms. The van der Waals surface area contributed by atoms with Crippen LogP contribution in [0, 0.1) is 23.7 Å². The first-order valence-corrected chi connectivity index (χ1v) is 18.2. The SMILES string of the molecule is COC(=O)C[C@H](O)[C@H](Cc1ccccc1)NC(=O)[C@@H](C)NC(=O)C[C@H](O)[C@@H](CC(C)C)NC(=O)[C@@H](NC(=O)[C@@H](NC(=O)CC(C)C)C(C)C)C(C)C. The molecule has 0 unspecified atom stereocenters. The molecule has 0 aromatic heterocycles. The van der Waals surface area contributed by atoms with Crippen molar-refractivity contribution in [2.75, 3.05) is 7.11 Å². The predicted octanol–water partition coefficient (Wildman–Crippen LogP) is 1.75. The number of nitrogens with one attached hydrogen (secondary N) is 5. The minimum absolute atomic E-state index is 0.0132. The first-order chi connectivity index (χ1) is 24.2. The van der Waals surface area contributed by atoms with E-state index in [1.165, 1.54) is 14.0 Å². The maximum absolute atomic E-state index is 13.6. The summed E-state index contributed by atoms with van der Waals surface area (Å²) in [6.07, 6.45) is -2.61. The fourth-order valence-corrected chi connectivity index (χ4v) is 5.56. The molecule has 0 saturated carbocycles. The monoisotopic (exact) mass is 733 g/mol. The topological polar surface area (TPSA) is 212 Å². The average Bonchev–Trinajstić information content (AvgIpc) is 3.04. The van der Waals surface area contributed by atoms with Gasteiger partial charge in [-0.05, 0) is 49.0 Å². The fourth-order valence-electron chi connectivity index (χ4n) is 5.56. The van der Waals surface area contributed by atoms with Crippen LogP contribution in [0.1, 0.15) is 93.6 Å². The van der Waals surface area contributed by atoms with Crippen LogP contribution in [-0.2, 0) is 39.9 Å². The number of esters is 1. The van der Waals surface area contributed by atoms with Gasteiger partial charge in [0.2, 0.25) is 29.5 Å². The summed E-state index contributed by atoms with van der Waals surface area (Å²) >= 11 is 0. The van der Waals surface area contributed by atoms with Crippen LogP contribution in [0.3, 0.4) is 0 Å². The van der Waals surface area contributed by atoms with Crippen molar-refractivity contribution in [2.24, 2.45) is 23.7 Å². The van der Waals surface area contributed by atoms with Crippen molar-refractivity contribution in [1.82, 2.24) is 26.6 Å². The highest BCUT2D eigenvalue weighted by Crippen LogP contribution is 2.15. The quantitative estimate of drug-likeness (QED) is 0.0865. The predicted molar refractivity (Wildman–Crippen MR) is 197 cm³/mol. The van der Waals surface area contributed by atoms with Crippen LogP contribution in [-0.4, -0.2) is 95.2 Å². The van der Waals surface area contributed by atoms with Gasteiger partial charge in [0.15, 0.2) is 0 Å². The number of aliphatic hydroxyl groups is 2. The molecule has 52 heavy (non-hydrogen) atoms. The lowest BCUT2D eigenvalue weighted by molar-refractivity contribution is -0.143. The fraction of sp³-hybridized carbons (Fsp3) is 0.684. The van der Waals surface area contributed by atoms with Gasteiger partial charge < -0.3 is 41.5 Å². The Morgan fingerprint density at radius 1 is 0.596 bits per heavy atom. The molecule has 0 aliphatic heterocycles. The number of hydrogen-bond acceptors (Lipinski definition) is 9. The molecule has 0 aliphatic carbocycles. The number of benzene rings is 1. The van der Waals surface area contributed by atoms with E-state index in [4.69, 9.17) is 0 Å². The molecule has 5 amide bonds. The van der Waals surface area contributed by atoms with E-state index in [0.29, 0.717) is 6.42 Å². The van der Waals surface area contributed by atoms with Crippen LogP contribution < -0.4 is 26.6 Å². The van der Waals surface area contributed by atoms with Gasteiger partial charge in [-0.25, -0.2) is 0 Å². The largest absolute Gasteiger partial charge is 0.469 e. The van der Waals surface area contributed by atoms with Gasteiger partial charge in [-0.1, -0.05) is 85.7 Å². The number of rotatable bonds is 22. The highest BCUT2D eigenvalue weighted by atomic mass is 16.5. The van der Waals surface area contributed by atoms with Crippen molar-refractivity contribution in [3.63, 3.8) is 0 Å². The molecule has 0 saturated heterocycles. The Kier molecular flexibility index (Phi) is 20.2. The van der Waals surface area contributed by atoms with E-state index in [0.717, 1.165) is 5.56 Å². The molecule has 14 nitrogen and oxygen atoms in total. The average molecular weight is 734 g/mol. The summed E-state index contributed by atoms with van der Waals surface area (Å²) in [5.74, 6) is -3.71. The maximum Gasteiger partial charge on any atom is 0.308 e. The number of methoxy groups -OCH3 is 1. The zero-order valence-electron chi connectivity index (χ0n) is 32.5. The standard InChI is InChI=1S/C38H63N5O9/c1-21(2)16-27(41-37(50)35(24(7)8)43-38(51)34(23(5)6)42-31(46)17-22(3)4)29(44)19-32(47)39-25(9)36(49)40-28(30(45)20-33(48)52-10)18-26-14-12-11-13-15-26/h11-15,21-25,27-30,34-35,44-45H,16-20H2,1-10H3,(H,39,47)(H,40,49)(H,41,50)(H,42,46)(H,43,51)/t25-,27-,28+,29+,30+,34+,35+/m1/s1. The lowest BCUT2D eigenvalue weighted by Gasteiger charge is -2.31. The third-order valence-corrected chi connectivity index (χ3v) is 8.48. The second kappa shape index (κ2) is 22.8. The maximum atomic E-state index is 13.6. The lowest BCUT2D eigenvalue weighted by Crippen LogP contribution is -2.59. The van der Waals surface area contributed by atoms with Crippen molar-refractivity contribution in [3.8, 4) is 0 Å². The van der Waals surface area contributed by atoms with Gasteiger partial charge >= 0.3 is 5.97 Å². The number of aliphatic hydroxyl groups excluding tert-OH is 2. The Bertz CT molecular complexity index is 1300. The van der Waals surface area contributed by atoms with Gasteiger partial charge in [-0.15, -0.1) is 0 Å². The van der Waals surface area contributed by atoms with E-state index >= 15 is 0 Å². The Labute approximate surface area is 309 Å².